The third kappa shape index (κ3) is 7.32. The summed E-state index contributed by atoms with van der Waals surface area (Å²) >= 11 is 0. The van der Waals surface area contributed by atoms with E-state index in [1.807, 2.05) is 7.05 Å². The predicted octanol–water partition coefficient (Wildman–Crippen LogP) is 2.62. The van der Waals surface area contributed by atoms with Gasteiger partial charge in [0.25, 0.3) is 0 Å². The second-order valence-electron chi connectivity index (χ2n) is 8.11. The average molecular weight is 390 g/mol. The molecule has 0 aromatic heterocycles. The van der Waals surface area contributed by atoms with Gasteiger partial charge in [-0.15, -0.1) is 0 Å². The van der Waals surface area contributed by atoms with Crippen molar-refractivity contribution in [2.24, 2.45) is 4.99 Å². The van der Waals surface area contributed by atoms with Crippen LogP contribution in [0.3, 0.4) is 0 Å². The lowest BCUT2D eigenvalue weighted by atomic mass is 10.1. The molecule has 28 heavy (non-hydrogen) atoms. The molecule has 158 valence electrons. The second kappa shape index (κ2) is 11.3. The summed E-state index contributed by atoms with van der Waals surface area (Å²) in [4.78, 5) is 9.04. The van der Waals surface area contributed by atoms with E-state index < -0.39 is 0 Å². The van der Waals surface area contributed by atoms with Crippen LogP contribution in [0.5, 0.6) is 0 Å². The van der Waals surface area contributed by atoms with Crippen LogP contribution in [-0.4, -0.2) is 70.4 Å². The van der Waals surface area contributed by atoms with E-state index in [0.29, 0.717) is 12.1 Å². The van der Waals surface area contributed by atoms with E-state index in [1.165, 1.54) is 16.8 Å². The van der Waals surface area contributed by atoms with Gasteiger partial charge in [0.15, 0.2) is 5.96 Å². The first-order valence-corrected chi connectivity index (χ1v) is 10.5. The van der Waals surface area contributed by atoms with Gasteiger partial charge in [0.05, 0.1) is 12.7 Å². The maximum atomic E-state index is 5.67. The Morgan fingerprint density at radius 3 is 2.57 bits per heavy atom. The lowest BCUT2D eigenvalue weighted by Crippen LogP contribution is -2.49. The van der Waals surface area contributed by atoms with Crippen LogP contribution in [0.2, 0.25) is 0 Å². The summed E-state index contributed by atoms with van der Waals surface area (Å²) in [6.45, 7) is 11.2. The standard InChI is InChI=1S/C22H39N5O/c1-17(2)28-14-13-27-11-9-20(10-12-27)25-22(23-4)24-16-19-7-8-21(26(5)6)15-18(19)3/h7-8,15,17,20H,9-14,16H2,1-6H3,(H2,23,24,25). The highest BCUT2D eigenvalue weighted by Crippen LogP contribution is 2.17. The molecule has 0 unspecified atom stereocenters. The number of ether oxygens (including phenoxy) is 1. The number of aryl methyl sites for hydroxylation is 1. The van der Waals surface area contributed by atoms with Gasteiger partial charge < -0.3 is 25.2 Å². The fraction of sp³-hybridized carbons (Fsp3) is 0.682. The zero-order valence-corrected chi connectivity index (χ0v) is 18.6. The molecule has 2 rings (SSSR count). The van der Waals surface area contributed by atoms with Crippen LogP contribution in [0.1, 0.15) is 37.8 Å². The number of likely N-dealkylation sites (tertiary alicyclic amines) is 1. The molecular formula is C22H39N5O. The number of aliphatic imine (C=N–C) groups is 1. The molecule has 1 saturated heterocycles. The highest BCUT2D eigenvalue weighted by molar-refractivity contribution is 5.80. The molecule has 0 atom stereocenters. The van der Waals surface area contributed by atoms with Gasteiger partial charge >= 0.3 is 0 Å². The first-order valence-electron chi connectivity index (χ1n) is 10.5. The van der Waals surface area contributed by atoms with Gasteiger partial charge in [-0.25, -0.2) is 0 Å². The lowest BCUT2D eigenvalue weighted by molar-refractivity contribution is 0.0532. The van der Waals surface area contributed by atoms with Crippen LogP contribution >= 0.6 is 0 Å². The number of anilines is 1. The summed E-state index contributed by atoms with van der Waals surface area (Å²) in [5.74, 6) is 0.887. The fourth-order valence-electron chi connectivity index (χ4n) is 3.44. The zero-order chi connectivity index (χ0) is 20.5. The molecule has 2 N–H and O–H groups in total. The Bertz CT molecular complexity index is 621. The molecule has 6 nitrogen and oxygen atoms in total. The number of nitrogens with zero attached hydrogens (tertiary/aromatic N) is 3. The van der Waals surface area contributed by atoms with Crippen molar-refractivity contribution >= 4 is 11.6 Å². The van der Waals surface area contributed by atoms with Crippen molar-refractivity contribution in [3.63, 3.8) is 0 Å². The lowest BCUT2D eigenvalue weighted by Gasteiger charge is -2.33. The van der Waals surface area contributed by atoms with Gasteiger partial charge in [-0.2, -0.15) is 0 Å². The van der Waals surface area contributed by atoms with Crippen LogP contribution in [-0.2, 0) is 11.3 Å². The molecular weight excluding hydrogens is 350 g/mol. The van der Waals surface area contributed by atoms with E-state index in [2.05, 4.69) is 78.5 Å². The summed E-state index contributed by atoms with van der Waals surface area (Å²) in [7, 11) is 5.98. The Morgan fingerprint density at radius 1 is 1.29 bits per heavy atom. The summed E-state index contributed by atoms with van der Waals surface area (Å²) in [6, 6.07) is 7.07. The van der Waals surface area contributed by atoms with Crippen molar-refractivity contribution in [3.05, 3.63) is 29.3 Å². The molecule has 1 aliphatic rings. The van der Waals surface area contributed by atoms with Gasteiger partial charge in [-0.1, -0.05) is 6.07 Å². The molecule has 1 heterocycles. The minimum Gasteiger partial charge on any atom is -0.378 e. The summed E-state index contributed by atoms with van der Waals surface area (Å²) in [5.41, 5.74) is 3.83. The summed E-state index contributed by atoms with van der Waals surface area (Å²) in [6.07, 6.45) is 2.59. The SMILES string of the molecule is CN=C(NCc1ccc(N(C)C)cc1C)NC1CCN(CCOC(C)C)CC1. The molecule has 0 amide bonds. The van der Waals surface area contributed by atoms with E-state index in [0.717, 1.165) is 51.6 Å². The summed E-state index contributed by atoms with van der Waals surface area (Å²) < 4.78 is 5.67. The topological polar surface area (TPSA) is 52.1 Å². The molecule has 1 aromatic rings. The number of benzene rings is 1. The predicted molar refractivity (Wildman–Crippen MR) is 119 cm³/mol. The quantitative estimate of drug-likeness (QED) is 0.529. The number of rotatable bonds is 8. The maximum absolute atomic E-state index is 5.67. The van der Waals surface area contributed by atoms with E-state index >= 15 is 0 Å². The third-order valence-electron chi connectivity index (χ3n) is 5.30. The minimum absolute atomic E-state index is 0.316. The van der Waals surface area contributed by atoms with Gasteiger partial charge in [-0.3, -0.25) is 4.99 Å². The Labute approximate surface area is 171 Å². The highest BCUT2D eigenvalue weighted by Gasteiger charge is 2.19. The molecule has 1 fully saturated rings. The Morgan fingerprint density at radius 2 is 2.00 bits per heavy atom. The Kier molecular flexibility index (Phi) is 9.06. The zero-order valence-electron chi connectivity index (χ0n) is 18.6. The van der Waals surface area contributed by atoms with Gasteiger partial charge in [0.1, 0.15) is 0 Å². The van der Waals surface area contributed by atoms with Crippen molar-refractivity contribution in [2.45, 2.75) is 52.3 Å². The van der Waals surface area contributed by atoms with Crippen LogP contribution in [0.25, 0.3) is 0 Å². The maximum Gasteiger partial charge on any atom is 0.191 e. The van der Waals surface area contributed by atoms with Crippen molar-refractivity contribution < 1.29 is 4.74 Å². The normalized spacial score (nSPS) is 16.5. The minimum atomic E-state index is 0.316. The van der Waals surface area contributed by atoms with Crippen LogP contribution in [0.4, 0.5) is 5.69 Å². The molecule has 0 bridgehead atoms. The van der Waals surface area contributed by atoms with Crippen molar-refractivity contribution in [1.82, 2.24) is 15.5 Å². The number of nitrogens with one attached hydrogen (secondary N) is 2. The largest absolute Gasteiger partial charge is 0.378 e. The van der Waals surface area contributed by atoms with E-state index in [9.17, 15) is 0 Å². The molecule has 6 heteroatoms. The number of piperidine rings is 1. The highest BCUT2D eigenvalue weighted by atomic mass is 16.5. The van der Waals surface area contributed by atoms with Crippen molar-refractivity contribution in [1.29, 1.82) is 0 Å². The van der Waals surface area contributed by atoms with E-state index in [-0.39, 0.29) is 0 Å². The molecule has 0 saturated carbocycles. The van der Waals surface area contributed by atoms with Gasteiger partial charge in [0.2, 0.25) is 0 Å². The van der Waals surface area contributed by atoms with Crippen LogP contribution in [0.15, 0.2) is 23.2 Å². The van der Waals surface area contributed by atoms with Gasteiger partial charge in [0, 0.05) is 59.1 Å². The second-order valence-corrected chi connectivity index (χ2v) is 8.11. The molecule has 1 aromatic carbocycles. The number of hydrogen-bond donors (Lipinski definition) is 2. The molecule has 0 aliphatic carbocycles. The van der Waals surface area contributed by atoms with Crippen molar-refractivity contribution in [3.8, 4) is 0 Å². The number of hydrogen-bond acceptors (Lipinski definition) is 4. The first-order chi connectivity index (χ1) is 13.4. The molecule has 1 aliphatic heterocycles. The van der Waals surface area contributed by atoms with Gasteiger partial charge in [-0.05, 0) is 56.9 Å². The van der Waals surface area contributed by atoms with Crippen molar-refractivity contribution in [2.75, 3.05) is 52.3 Å². The average Bonchev–Trinajstić information content (AvgIpc) is 2.66. The van der Waals surface area contributed by atoms with Crippen LogP contribution in [0, 0.1) is 6.92 Å². The Balaban J connectivity index is 1.75. The van der Waals surface area contributed by atoms with E-state index in [1.54, 1.807) is 0 Å². The third-order valence-corrected chi connectivity index (χ3v) is 5.30. The smallest absolute Gasteiger partial charge is 0.191 e. The van der Waals surface area contributed by atoms with Crippen LogP contribution < -0.4 is 15.5 Å². The fourth-order valence-corrected chi connectivity index (χ4v) is 3.44. The first kappa shape index (κ1) is 22.5. The molecule has 0 radical (unpaired) electrons. The molecule has 0 spiro atoms. The summed E-state index contributed by atoms with van der Waals surface area (Å²) in [5, 5.41) is 7.06. The monoisotopic (exact) mass is 389 g/mol. The Hall–Kier alpha value is -1.79. The van der Waals surface area contributed by atoms with E-state index in [4.69, 9.17) is 4.74 Å². The number of guanidine groups is 1.